The van der Waals surface area contributed by atoms with Crippen LogP contribution in [0.15, 0.2) is 47.5 Å². The first-order valence-electron chi connectivity index (χ1n) is 10.6. The molecule has 2 unspecified atom stereocenters. The summed E-state index contributed by atoms with van der Waals surface area (Å²) in [6.45, 7) is 7.61. The first-order valence-corrected chi connectivity index (χ1v) is 11.9. The van der Waals surface area contributed by atoms with E-state index in [2.05, 4.69) is 38.1 Å². The lowest BCUT2D eigenvalue weighted by Gasteiger charge is -2.14. The predicted molar refractivity (Wildman–Crippen MR) is 141 cm³/mol. The maximum absolute atomic E-state index is 11.6. The van der Waals surface area contributed by atoms with Crippen molar-refractivity contribution in [2.75, 3.05) is 13.3 Å². The standard InChI is InChI=1S/C24H28N4O2S.C2H6/c1-6-8-21(7-2)27-22(26-18(3)9-15-24(30)28-31-5)17-20-12-10-19(11-13-20)14-16-23(29)25-4;1-2/h2,9-16,18,21H,17H2,1,3-5H3,(H,25,29)(H,26,27)(H,28,30);1-2H3/b15-9+,16-14+;. The normalized spacial score (nSPS) is 12.5. The van der Waals surface area contributed by atoms with Crippen molar-refractivity contribution in [3.63, 3.8) is 0 Å². The summed E-state index contributed by atoms with van der Waals surface area (Å²) >= 11 is 1.24. The number of hydrogen-bond donors (Lipinski definition) is 3. The minimum Gasteiger partial charge on any atom is -0.356 e. The Morgan fingerprint density at radius 3 is 2.39 bits per heavy atom. The molecule has 0 saturated carbocycles. The van der Waals surface area contributed by atoms with Gasteiger partial charge in [-0.05, 0) is 31.1 Å². The zero-order valence-electron chi connectivity index (χ0n) is 20.2. The summed E-state index contributed by atoms with van der Waals surface area (Å²) in [4.78, 5) is 27.6. The van der Waals surface area contributed by atoms with E-state index >= 15 is 0 Å². The third-order valence-corrected chi connectivity index (χ3v) is 4.28. The van der Waals surface area contributed by atoms with Crippen LogP contribution in [0.1, 0.15) is 38.8 Å². The molecule has 1 rings (SSSR count). The number of carbonyl (C=O) groups excluding carboxylic acids is 2. The Morgan fingerprint density at radius 2 is 1.85 bits per heavy atom. The van der Waals surface area contributed by atoms with Crippen molar-refractivity contribution in [3.05, 3.63) is 53.6 Å². The second-order valence-electron chi connectivity index (χ2n) is 6.35. The minimum absolute atomic E-state index is 0.159. The van der Waals surface area contributed by atoms with E-state index in [0.717, 1.165) is 11.1 Å². The first-order chi connectivity index (χ1) is 15.9. The van der Waals surface area contributed by atoms with E-state index in [1.807, 2.05) is 45.0 Å². The SMILES string of the molecule is C#CC(C#CC)NC(Cc1ccc(/C=C/C(=O)NC)cc1)=NC(C)/C=C/C(=O)NSC.CC. The Labute approximate surface area is 202 Å². The van der Waals surface area contributed by atoms with Crippen molar-refractivity contribution in [1.29, 1.82) is 0 Å². The van der Waals surface area contributed by atoms with Gasteiger partial charge in [-0.3, -0.25) is 19.3 Å². The zero-order chi connectivity index (χ0) is 25.1. The average Bonchev–Trinajstić information content (AvgIpc) is 2.83. The number of amidine groups is 1. The maximum atomic E-state index is 11.6. The summed E-state index contributed by atoms with van der Waals surface area (Å²) in [5.41, 5.74) is 1.92. The fourth-order valence-electron chi connectivity index (χ4n) is 2.41. The van der Waals surface area contributed by atoms with Crippen molar-refractivity contribution in [2.24, 2.45) is 4.99 Å². The summed E-state index contributed by atoms with van der Waals surface area (Å²) in [5.74, 6) is 8.65. The molecule has 0 bridgehead atoms. The van der Waals surface area contributed by atoms with Crippen molar-refractivity contribution < 1.29 is 9.59 Å². The number of benzene rings is 1. The fraction of sp³-hybridized carbons (Fsp3) is 0.346. The number of likely N-dealkylation sites (N-methyl/N-ethyl adjacent to an activating group) is 1. The van der Waals surface area contributed by atoms with Gasteiger partial charge in [0.25, 0.3) is 5.91 Å². The molecule has 0 spiro atoms. The van der Waals surface area contributed by atoms with Crippen molar-refractivity contribution in [2.45, 2.75) is 46.2 Å². The molecule has 3 N–H and O–H groups in total. The molecule has 0 aliphatic heterocycles. The van der Waals surface area contributed by atoms with Crippen LogP contribution in [-0.2, 0) is 16.0 Å². The molecule has 6 nitrogen and oxygen atoms in total. The highest BCUT2D eigenvalue weighted by Crippen LogP contribution is 2.08. The van der Waals surface area contributed by atoms with Gasteiger partial charge < -0.3 is 10.6 Å². The van der Waals surface area contributed by atoms with E-state index in [4.69, 9.17) is 6.42 Å². The minimum atomic E-state index is -0.463. The number of terminal acetylenes is 1. The largest absolute Gasteiger partial charge is 0.356 e. The van der Waals surface area contributed by atoms with E-state index in [1.165, 1.54) is 24.1 Å². The van der Waals surface area contributed by atoms with Gasteiger partial charge >= 0.3 is 0 Å². The molecule has 176 valence electrons. The Hall–Kier alpha value is -3.42. The van der Waals surface area contributed by atoms with Crippen LogP contribution in [0.25, 0.3) is 6.08 Å². The molecule has 1 aromatic carbocycles. The van der Waals surface area contributed by atoms with Crippen LogP contribution in [0.4, 0.5) is 0 Å². The molecule has 0 fully saturated rings. The Balaban J connectivity index is 0.00000497. The molecule has 2 atom stereocenters. The number of carbonyl (C=O) groups is 2. The molecule has 0 heterocycles. The highest BCUT2D eigenvalue weighted by molar-refractivity contribution is 7.97. The van der Waals surface area contributed by atoms with Gasteiger partial charge in [-0.2, -0.15) is 0 Å². The van der Waals surface area contributed by atoms with Gasteiger partial charge in [0.15, 0.2) is 6.04 Å². The highest BCUT2D eigenvalue weighted by Gasteiger charge is 2.08. The highest BCUT2D eigenvalue weighted by atomic mass is 32.2. The van der Waals surface area contributed by atoms with Gasteiger partial charge in [-0.15, -0.1) is 12.3 Å². The molecular weight excluding hydrogens is 432 g/mol. The maximum Gasteiger partial charge on any atom is 0.253 e. The third-order valence-electron chi connectivity index (χ3n) is 3.88. The van der Waals surface area contributed by atoms with E-state index in [0.29, 0.717) is 12.3 Å². The molecule has 7 heteroatoms. The van der Waals surface area contributed by atoms with Crippen molar-refractivity contribution >= 4 is 35.7 Å². The number of amides is 2. The first kappa shape index (κ1) is 29.6. The van der Waals surface area contributed by atoms with Gasteiger partial charge in [-0.25, -0.2) is 0 Å². The smallest absolute Gasteiger partial charge is 0.253 e. The van der Waals surface area contributed by atoms with Gasteiger partial charge in [-0.1, -0.05) is 68.0 Å². The van der Waals surface area contributed by atoms with Crippen LogP contribution in [0.2, 0.25) is 0 Å². The molecule has 33 heavy (non-hydrogen) atoms. The molecule has 0 aromatic heterocycles. The van der Waals surface area contributed by atoms with E-state index in [1.54, 1.807) is 32.4 Å². The lowest BCUT2D eigenvalue weighted by Crippen LogP contribution is -2.35. The van der Waals surface area contributed by atoms with Gasteiger partial charge in [0.2, 0.25) is 5.91 Å². The number of nitrogens with zero attached hydrogens (tertiary/aromatic N) is 1. The van der Waals surface area contributed by atoms with Gasteiger partial charge in [0.1, 0.15) is 5.84 Å². The summed E-state index contributed by atoms with van der Waals surface area (Å²) in [7, 11) is 1.58. The second kappa shape index (κ2) is 18.2. The molecule has 0 saturated heterocycles. The number of aliphatic imine (C=N–C) groups is 1. The third kappa shape index (κ3) is 13.6. The Kier molecular flexibility index (Phi) is 16.3. The lowest BCUT2D eigenvalue weighted by atomic mass is 10.1. The number of nitrogens with one attached hydrogen (secondary N) is 3. The van der Waals surface area contributed by atoms with Crippen LogP contribution < -0.4 is 15.4 Å². The monoisotopic (exact) mass is 466 g/mol. The Bertz CT molecular complexity index is 932. The number of rotatable bonds is 9. The molecule has 0 aliphatic carbocycles. The molecule has 0 aliphatic rings. The van der Waals surface area contributed by atoms with Crippen LogP contribution in [0.3, 0.4) is 0 Å². The van der Waals surface area contributed by atoms with Gasteiger partial charge in [0.05, 0.1) is 6.04 Å². The molecule has 1 aromatic rings. The number of hydrogen-bond acceptors (Lipinski definition) is 4. The Morgan fingerprint density at radius 1 is 1.18 bits per heavy atom. The second-order valence-corrected chi connectivity index (χ2v) is 6.96. The predicted octanol–water partition coefficient (Wildman–Crippen LogP) is 3.37. The fourth-order valence-corrected chi connectivity index (χ4v) is 2.68. The van der Waals surface area contributed by atoms with Crippen molar-refractivity contribution in [1.82, 2.24) is 15.4 Å². The molecular formula is C26H34N4O2S. The summed E-state index contributed by atoms with van der Waals surface area (Å²) in [6, 6.07) is 7.07. The molecule has 2 amide bonds. The summed E-state index contributed by atoms with van der Waals surface area (Å²) < 4.78 is 2.63. The van der Waals surface area contributed by atoms with Crippen LogP contribution in [-0.4, -0.2) is 43.0 Å². The summed E-state index contributed by atoms with van der Waals surface area (Å²) in [6.07, 6.45) is 14.3. The average molecular weight is 467 g/mol. The van der Waals surface area contributed by atoms with Crippen molar-refractivity contribution in [3.8, 4) is 24.2 Å². The van der Waals surface area contributed by atoms with E-state index in [9.17, 15) is 9.59 Å². The zero-order valence-corrected chi connectivity index (χ0v) is 21.0. The van der Waals surface area contributed by atoms with Gasteiger partial charge in [0, 0.05) is 31.9 Å². The van der Waals surface area contributed by atoms with E-state index in [-0.39, 0.29) is 17.9 Å². The van der Waals surface area contributed by atoms with Crippen LogP contribution in [0, 0.1) is 24.2 Å². The molecule has 0 radical (unpaired) electrons. The quantitative estimate of drug-likeness (QED) is 0.171. The lowest BCUT2D eigenvalue weighted by molar-refractivity contribution is -0.116. The van der Waals surface area contributed by atoms with Crippen LogP contribution in [0.5, 0.6) is 0 Å². The van der Waals surface area contributed by atoms with E-state index < -0.39 is 6.04 Å². The van der Waals surface area contributed by atoms with Crippen LogP contribution >= 0.6 is 11.9 Å². The summed E-state index contributed by atoms with van der Waals surface area (Å²) in [5, 5.41) is 5.73. The topological polar surface area (TPSA) is 82.6 Å².